The van der Waals surface area contributed by atoms with Crippen molar-refractivity contribution in [2.75, 3.05) is 19.6 Å². The van der Waals surface area contributed by atoms with Crippen LogP contribution in [0.1, 0.15) is 17.5 Å². The topological polar surface area (TPSA) is 117 Å². The summed E-state index contributed by atoms with van der Waals surface area (Å²) in [6.07, 6.45) is 1.66. The number of hydrogen-bond acceptors (Lipinski definition) is 8. The Morgan fingerprint density at radius 2 is 1.71 bits per heavy atom. The quantitative estimate of drug-likeness (QED) is 0.214. The van der Waals surface area contributed by atoms with Crippen molar-refractivity contribution in [3.05, 3.63) is 71.8 Å². The smallest absolute Gasteiger partial charge is 0.378 e. The highest BCUT2D eigenvalue weighted by atomic mass is 32.2. The molecule has 2 aromatic carbocycles. The molecule has 0 aliphatic carbocycles. The molecule has 10 nitrogen and oxygen atoms in total. The van der Waals surface area contributed by atoms with Crippen molar-refractivity contribution in [2.45, 2.75) is 23.1 Å². The molecule has 3 aliphatic heterocycles. The van der Waals surface area contributed by atoms with Crippen LogP contribution in [0.25, 0.3) is 0 Å². The summed E-state index contributed by atoms with van der Waals surface area (Å²) < 4.78 is 4.55. The number of hydrogen-bond donors (Lipinski definition) is 0. The molecule has 0 spiro atoms. The predicted octanol–water partition coefficient (Wildman–Crippen LogP) is 0.747. The summed E-state index contributed by atoms with van der Waals surface area (Å²) in [4.78, 5) is 65.5. The van der Waals surface area contributed by atoms with Crippen molar-refractivity contribution in [1.29, 1.82) is 0 Å². The van der Waals surface area contributed by atoms with Crippen molar-refractivity contribution in [3.8, 4) is 0 Å². The van der Waals surface area contributed by atoms with Gasteiger partial charge in [0, 0.05) is 19.4 Å². The van der Waals surface area contributed by atoms with E-state index >= 15 is 0 Å². The minimum atomic E-state index is -1.70. The summed E-state index contributed by atoms with van der Waals surface area (Å²) in [6, 6.07) is 18.3. The number of hydrazone groups is 1. The van der Waals surface area contributed by atoms with Crippen LogP contribution in [0.5, 0.6) is 0 Å². The Labute approximate surface area is 224 Å². The maximum Gasteiger partial charge on any atom is 0.378 e. The van der Waals surface area contributed by atoms with E-state index < -0.39 is 33.9 Å². The van der Waals surface area contributed by atoms with Crippen LogP contribution in [-0.2, 0) is 35.0 Å². The molecule has 3 amide bonds. The average Bonchev–Trinajstić information content (AvgIpc) is 3.30. The maximum absolute atomic E-state index is 13.2. The molecule has 3 fully saturated rings. The van der Waals surface area contributed by atoms with Crippen molar-refractivity contribution in [3.63, 3.8) is 0 Å². The van der Waals surface area contributed by atoms with Crippen LogP contribution >= 0.6 is 11.8 Å². The largest absolute Gasteiger partial charge is 0.541 e. The normalized spacial score (nSPS) is 24.9. The van der Waals surface area contributed by atoms with Crippen molar-refractivity contribution in [1.82, 2.24) is 14.8 Å². The first-order valence-corrected chi connectivity index (χ1v) is 12.9. The lowest BCUT2D eigenvalue weighted by Gasteiger charge is -2.41. The van der Waals surface area contributed by atoms with Gasteiger partial charge in [0.1, 0.15) is 5.78 Å². The third-order valence-corrected chi connectivity index (χ3v) is 8.58. The molecule has 3 aliphatic rings. The molecule has 2 aromatic rings. The Morgan fingerprint density at radius 1 is 1.03 bits per heavy atom. The summed E-state index contributed by atoms with van der Waals surface area (Å²) in [5.41, 5.74) is 1.60. The fraction of sp³-hybridized carbons (Fsp3) is 0.308. The number of ketones is 1. The van der Waals surface area contributed by atoms with E-state index in [0.717, 1.165) is 32.8 Å². The number of amides is 3. The number of fused-ring (bicyclic) bond motifs is 1. The van der Waals surface area contributed by atoms with Crippen LogP contribution in [-0.4, -0.2) is 88.4 Å². The van der Waals surface area contributed by atoms with E-state index in [2.05, 4.69) is 9.76 Å². The molecule has 0 saturated carbocycles. The van der Waals surface area contributed by atoms with E-state index in [0.29, 0.717) is 0 Å². The molecule has 3 atom stereocenters. The second-order valence-corrected chi connectivity index (χ2v) is 10.6. The van der Waals surface area contributed by atoms with Gasteiger partial charge < -0.3 is 14.5 Å². The lowest BCUT2D eigenvalue weighted by Crippen LogP contribution is -2.65. The Balaban J connectivity index is 1.30. The van der Waals surface area contributed by atoms with E-state index in [9.17, 15) is 24.0 Å². The van der Waals surface area contributed by atoms with Crippen LogP contribution in [0.15, 0.2) is 65.8 Å². The fourth-order valence-corrected chi connectivity index (χ4v) is 6.67. The van der Waals surface area contributed by atoms with Gasteiger partial charge in [-0.15, -0.1) is 0 Å². The second kappa shape index (κ2) is 10.4. The Kier molecular flexibility index (Phi) is 7.07. The maximum atomic E-state index is 13.2. The number of nitrogens with zero attached hydrogens (tertiary/aromatic N) is 4. The minimum absolute atomic E-state index is 0.00447. The highest BCUT2D eigenvalue weighted by molar-refractivity contribution is 8.02. The highest BCUT2D eigenvalue weighted by Crippen LogP contribution is 2.52. The number of β-lactam (4-membered cyclic amide) rings is 1. The number of rotatable bonds is 8. The molecule has 0 N–H and O–H groups in total. The van der Waals surface area contributed by atoms with Gasteiger partial charge in [0.2, 0.25) is 10.8 Å². The Morgan fingerprint density at radius 3 is 2.39 bits per heavy atom. The van der Waals surface area contributed by atoms with E-state index in [1.165, 1.54) is 11.1 Å². The van der Waals surface area contributed by atoms with Gasteiger partial charge in [-0.3, -0.25) is 24.0 Å². The van der Waals surface area contributed by atoms with E-state index in [1.54, 1.807) is 12.1 Å². The average molecular weight is 530 g/mol. The lowest BCUT2D eigenvalue weighted by molar-refractivity contribution is -0.165. The first-order valence-electron chi connectivity index (χ1n) is 12.0. The number of benzene rings is 2. The first kappa shape index (κ1) is 25.7. The van der Waals surface area contributed by atoms with Gasteiger partial charge in [0.15, 0.2) is 0 Å². The summed E-state index contributed by atoms with van der Waals surface area (Å²) in [6.45, 7) is -0.177. The fourth-order valence-electron chi connectivity index (χ4n) is 4.92. The van der Waals surface area contributed by atoms with Crippen molar-refractivity contribution < 1.29 is 28.6 Å². The molecule has 12 heteroatoms. The van der Waals surface area contributed by atoms with Crippen LogP contribution in [0.2, 0.25) is 0 Å². The second-order valence-electron chi connectivity index (χ2n) is 9.22. The molecule has 2 radical (unpaired) electrons. The molecular weight excluding hydrogens is 507 g/mol. The molecule has 3 heterocycles. The molecule has 0 unspecified atom stereocenters. The summed E-state index contributed by atoms with van der Waals surface area (Å²) in [7, 11) is 5.23. The third-order valence-electron chi connectivity index (χ3n) is 6.85. The zero-order valence-electron chi connectivity index (χ0n) is 20.3. The lowest BCUT2D eigenvalue weighted by atomic mass is 9.90. The predicted molar refractivity (Wildman–Crippen MR) is 138 cm³/mol. The van der Waals surface area contributed by atoms with E-state index in [-0.39, 0.29) is 44.2 Å². The van der Waals surface area contributed by atoms with Crippen molar-refractivity contribution >= 4 is 55.5 Å². The molecule has 5 rings (SSSR count). The van der Waals surface area contributed by atoms with E-state index in [1.807, 2.05) is 48.5 Å². The highest BCUT2D eigenvalue weighted by Gasteiger charge is 2.66. The van der Waals surface area contributed by atoms with Gasteiger partial charge in [0.25, 0.3) is 0 Å². The Hall–Kier alpha value is -3.93. The summed E-state index contributed by atoms with van der Waals surface area (Å²) in [5, 5.41) is 4.64. The SMILES string of the molecule is [B]OC(=O)[C@@]1(N2CCN(/N=C/c3ccccc3)C(=O)C2=O)CN2C(=O)[C@@H](CC(=O)Cc3ccccc3)[C@H]2S1. The molecule has 0 aromatic heterocycles. The number of carbonyl (C=O) groups excluding carboxylic acids is 5. The number of Topliss-reactive ketones (excluding diaryl/α,β-unsaturated/α-hetero) is 1. The van der Waals surface area contributed by atoms with Gasteiger partial charge in [0.05, 0.1) is 30.6 Å². The van der Waals surface area contributed by atoms with Gasteiger partial charge >= 0.3 is 25.8 Å². The van der Waals surface area contributed by atoms with Crippen LogP contribution in [0.4, 0.5) is 0 Å². The third kappa shape index (κ3) is 4.60. The monoisotopic (exact) mass is 530 g/mol. The molecular formula is C26H23BN4O6S. The van der Waals surface area contributed by atoms with Crippen molar-refractivity contribution in [2.24, 2.45) is 11.0 Å². The molecule has 0 bridgehead atoms. The molecule has 3 saturated heterocycles. The first-order chi connectivity index (χ1) is 18.3. The summed E-state index contributed by atoms with van der Waals surface area (Å²) in [5.74, 6) is -3.85. The zero-order valence-corrected chi connectivity index (χ0v) is 21.1. The molecule has 38 heavy (non-hydrogen) atoms. The minimum Gasteiger partial charge on any atom is -0.541 e. The number of carbonyl (C=O) groups is 5. The Bertz CT molecular complexity index is 1310. The molecule has 192 valence electrons. The van der Waals surface area contributed by atoms with Gasteiger partial charge in [-0.25, -0.2) is 5.01 Å². The number of thioether (sulfide) groups is 1. The van der Waals surface area contributed by atoms with E-state index in [4.69, 9.17) is 8.05 Å². The zero-order chi connectivity index (χ0) is 26.9. The van der Waals surface area contributed by atoms with Crippen LogP contribution in [0.3, 0.4) is 0 Å². The van der Waals surface area contributed by atoms with Crippen LogP contribution < -0.4 is 0 Å². The standard InChI is InChI=1S/C26H23BN4O6S/c27-37-25(36)26(30-11-12-31(23(35)22(30)34)28-15-18-9-5-2-6-10-18)16-29-21(33)20(24(29)38-26)14-19(32)13-17-7-3-1-4-8-17/h1-10,15,20,24H,11-14,16H2/b28-15+/t20-,24-,26-/m1/s1. The van der Waals surface area contributed by atoms with Crippen LogP contribution in [0, 0.1) is 5.92 Å². The van der Waals surface area contributed by atoms with Gasteiger partial charge in [-0.05, 0) is 11.1 Å². The van der Waals surface area contributed by atoms with Gasteiger partial charge in [-0.2, -0.15) is 5.10 Å². The number of piperazine rings is 1. The summed E-state index contributed by atoms with van der Waals surface area (Å²) >= 11 is 1.02. The van der Waals surface area contributed by atoms with Gasteiger partial charge in [-0.1, -0.05) is 72.4 Å².